The Labute approximate surface area is 186 Å². The van der Waals surface area contributed by atoms with Crippen molar-refractivity contribution in [2.45, 2.75) is 16.7 Å². The van der Waals surface area contributed by atoms with Gasteiger partial charge in [0.2, 0.25) is 0 Å². The second kappa shape index (κ2) is 7.39. The molecule has 5 nitrogen and oxygen atoms in total. The first-order chi connectivity index (χ1) is 14.5. The Morgan fingerprint density at radius 2 is 2.00 bits per heavy atom. The van der Waals surface area contributed by atoms with Crippen LogP contribution in [0.5, 0.6) is 0 Å². The number of fused-ring (bicyclic) bond motifs is 2. The topological polar surface area (TPSA) is 74.1 Å². The first-order valence-corrected chi connectivity index (χ1v) is 13.2. The Bertz CT molecular complexity index is 1430. The highest BCUT2D eigenvalue weighted by Crippen LogP contribution is 2.41. The van der Waals surface area contributed by atoms with E-state index in [9.17, 15) is 8.42 Å². The smallest absolute Gasteiger partial charge is 0.264 e. The van der Waals surface area contributed by atoms with Gasteiger partial charge >= 0.3 is 0 Å². The van der Waals surface area contributed by atoms with E-state index in [1.807, 2.05) is 36.6 Å². The van der Waals surface area contributed by atoms with E-state index >= 15 is 0 Å². The summed E-state index contributed by atoms with van der Waals surface area (Å²) in [5, 5.41) is 11.9. The normalized spacial score (nSPS) is 13.9. The van der Waals surface area contributed by atoms with Crippen LogP contribution in [0.15, 0.2) is 57.6 Å². The third-order valence-electron chi connectivity index (χ3n) is 4.88. The van der Waals surface area contributed by atoms with Crippen LogP contribution in [0.3, 0.4) is 0 Å². The molecule has 0 radical (unpaired) electrons. The summed E-state index contributed by atoms with van der Waals surface area (Å²) in [4.78, 5) is 6.28. The van der Waals surface area contributed by atoms with Gasteiger partial charge in [-0.05, 0) is 59.8 Å². The minimum absolute atomic E-state index is 0.282. The Morgan fingerprint density at radius 1 is 1.13 bits per heavy atom. The summed E-state index contributed by atoms with van der Waals surface area (Å²) in [6, 6.07) is 15.0. The van der Waals surface area contributed by atoms with Gasteiger partial charge in [-0.25, -0.2) is 13.4 Å². The van der Waals surface area contributed by atoms with Crippen LogP contribution in [0.4, 0.5) is 5.69 Å². The van der Waals surface area contributed by atoms with E-state index in [1.54, 1.807) is 30.0 Å². The van der Waals surface area contributed by atoms with Crippen LogP contribution in [0.2, 0.25) is 0 Å². The Kier molecular flexibility index (Phi) is 4.82. The predicted octanol–water partition coefficient (Wildman–Crippen LogP) is 5.51. The van der Waals surface area contributed by atoms with Crippen molar-refractivity contribution in [1.82, 2.24) is 4.98 Å². The number of anilines is 1. The highest BCUT2D eigenvalue weighted by molar-refractivity contribution is 8.00. The summed E-state index contributed by atoms with van der Waals surface area (Å²) in [5.41, 5.74) is 3.34. The fourth-order valence-electron chi connectivity index (χ4n) is 3.48. The van der Waals surface area contributed by atoms with Gasteiger partial charge in [0, 0.05) is 17.2 Å². The molecule has 0 fully saturated rings. The standard InChI is InChI=1S/C21H15N3O2S4/c1-13-23-18-4-3-17(10-21(18)29-13)30(25,26)24-6-7-27-20-5-2-14(9-19(20)24)15-8-16(11-22)28-12-15/h2-5,8-10,12H,6-7H2,1H3. The molecule has 2 aromatic carbocycles. The molecule has 0 aliphatic carbocycles. The number of hydrogen-bond acceptors (Lipinski definition) is 7. The zero-order valence-corrected chi connectivity index (χ0v) is 19.1. The fourth-order valence-corrected chi connectivity index (χ4v) is 7.77. The second-order valence-corrected chi connectivity index (χ2v) is 11.9. The number of thiophene rings is 1. The fraction of sp³-hybridized carbons (Fsp3) is 0.143. The molecule has 0 bridgehead atoms. The van der Waals surface area contributed by atoms with Gasteiger partial charge < -0.3 is 0 Å². The Hall–Kier alpha value is -2.38. The summed E-state index contributed by atoms with van der Waals surface area (Å²) in [6.07, 6.45) is 0. The maximum atomic E-state index is 13.6. The molecule has 0 saturated heterocycles. The molecule has 0 amide bonds. The highest BCUT2D eigenvalue weighted by atomic mass is 32.2. The maximum Gasteiger partial charge on any atom is 0.264 e. The van der Waals surface area contributed by atoms with E-state index in [-0.39, 0.29) is 4.90 Å². The first-order valence-electron chi connectivity index (χ1n) is 9.11. The largest absolute Gasteiger partial charge is 0.264 e. The van der Waals surface area contributed by atoms with Gasteiger partial charge in [-0.2, -0.15) is 5.26 Å². The maximum absolute atomic E-state index is 13.6. The van der Waals surface area contributed by atoms with E-state index in [0.717, 1.165) is 31.2 Å². The lowest BCUT2D eigenvalue weighted by Crippen LogP contribution is -2.35. The van der Waals surface area contributed by atoms with Gasteiger partial charge in [-0.3, -0.25) is 4.31 Å². The van der Waals surface area contributed by atoms with Crippen LogP contribution in [-0.2, 0) is 10.0 Å². The van der Waals surface area contributed by atoms with Gasteiger partial charge in [0.25, 0.3) is 10.0 Å². The molecule has 0 N–H and O–H groups in total. The lowest BCUT2D eigenvalue weighted by molar-refractivity contribution is 0.591. The van der Waals surface area contributed by atoms with Crippen molar-refractivity contribution in [2.75, 3.05) is 16.6 Å². The Balaban J connectivity index is 1.60. The van der Waals surface area contributed by atoms with Crippen molar-refractivity contribution < 1.29 is 8.42 Å². The summed E-state index contributed by atoms with van der Waals surface area (Å²) in [7, 11) is -3.71. The van der Waals surface area contributed by atoms with Crippen LogP contribution in [-0.4, -0.2) is 25.7 Å². The molecule has 2 aromatic heterocycles. The zero-order chi connectivity index (χ0) is 20.9. The highest BCUT2D eigenvalue weighted by Gasteiger charge is 2.30. The molecule has 0 unspecified atom stereocenters. The van der Waals surface area contributed by atoms with Crippen molar-refractivity contribution >= 4 is 60.4 Å². The van der Waals surface area contributed by atoms with Crippen molar-refractivity contribution in [3.8, 4) is 17.2 Å². The van der Waals surface area contributed by atoms with Crippen LogP contribution >= 0.6 is 34.4 Å². The van der Waals surface area contributed by atoms with Crippen molar-refractivity contribution in [3.05, 3.63) is 57.7 Å². The van der Waals surface area contributed by atoms with Crippen LogP contribution in [0, 0.1) is 18.3 Å². The molecule has 4 aromatic rings. The molecule has 150 valence electrons. The number of aryl methyl sites for hydroxylation is 1. The Morgan fingerprint density at radius 3 is 2.80 bits per heavy atom. The van der Waals surface area contributed by atoms with Gasteiger partial charge in [0.15, 0.2) is 0 Å². The molecule has 3 heterocycles. The summed E-state index contributed by atoms with van der Waals surface area (Å²) in [6.45, 7) is 2.33. The average Bonchev–Trinajstić information content (AvgIpc) is 3.37. The summed E-state index contributed by atoms with van der Waals surface area (Å²) < 4.78 is 29.5. The third-order valence-corrected chi connectivity index (χ3v) is 9.50. The minimum atomic E-state index is -3.71. The van der Waals surface area contributed by atoms with Gasteiger partial charge in [-0.1, -0.05) is 6.07 Å². The quantitative estimate of drug-likeness (QED) is 0.396. The molecule has 1 aliphatic rings. The molecular formula is C21H15N3O2S4. The monoisotopic (exact) mass is 469 g/mol. The first kappa shape index (κ1) is 19.6. The van der Waals surface area contributed by atoms with Gasteiger partial charge in [0.05, 0.1) is 25.8 Å². The molecule has 1 aliphatic heterocycles. The van der Waals surface area contributed by atoms with E-state index < -0.39 is 10.0 Å². The summed E-state index contributed by atoms with van der Waals surface area (Å²) in [5.74, 6) is 0.699. The van der Waals surface area contributed by atoms with Gasteiger partial charge in [-0.15, -0.1) is 34.4 Å². The van der Waals surface area contributed by atoms with E-state index in [0.29, 0.717) is 22.9 Å². The van der Waals surface area contributed by atoms with Gasteiger partial charge in [0.1, 0.15) is 10.9 Å². The van der Waals surface area contributed by atoms with E-state index in [4.69, 9.17) is 5.26 Å². The number of sulfonamides is 1. The average molecular weight is 470 g/mol. The molecule has 30 heavy (non-hydrogen) atoms. The number of nitrogens with zero attached hydrogens (tertiary/aromatic N) is 3. The number of nitriles is 1. The summed E-state index contributed by atoms with van der Waals surface area (Å²) >= 11 is 4.54. The number of aromatic nitrogens is 1. The number of thioether (sulfide) groups is 1. The third kappa shape index (κ3) is 3.30. The van der Waals surface area contributed by atoms with Crippen LogP contribution in [0.25, 0.3) is 21.3 Å². The number of rotatable bonds is 3. The van der Waals surface area contributed by atoms with Crippen molar-refractivity contribution in [2.24, 2.45) is 0 Å². The van der Waals surface area contributed by atoms with Crippen LogP contribution in [0.1, 0.15) is 9.88 Å². The van der Waals surface area contributed by atoms with E-state index in [1.165, 1.54) is 27.0 Å². The van der Waals surface area contributed by atoms with E-state index in [2.05, 4.69) is 11.1 Å². The lowest BCUT2D eigenvalue weighted by atomic mass is 10.1. The molecule has 9 heteroatoms. The molecule has 5 rings (SSSR count). The van der Waals surface area contributed by atoms with Crippen molar-refractivity contribution in [1.29, 1.82) is 5.26 Å². The zero-order valence-electron chi connectivity index (χ0n) is 15.8. The SMILES string of the molecule is Cc1nc2ccc(S(=O)(=O)N3CCSc4ccc(-c5csc(C#N)c5)cc43)cc2s1. The van der Waals surface area contributed by atoms with Crippen LogP contribution < -0.4 is 4.31 Å². The molecule has 0 saturated carbocycles. The number of benzene rings is 2. The molecule has 0 spiro atoms. The second-order valence-electron chi connectivity index (χ2n) is 6.78. The molecular weight excluding hydrogens is 455 g/mol. The molecule has 0 atom stereocenters. The minimum Gasteiger partial charge on any atom is -0.264 e. The number of hydrogen-bond donors (Lipinski definition) is 0. The lowest BCUT2D eigenvalue weighted by Gasteiger charge is -2.30. The van der Waals surface area contributed by atoms with Crippen molar-refractivity contribution in [3.63, 3.8) is 0 Å². The number of thiazole rings is 1. The predicted molar refractivity (Wildman–Crippen MR) is 124 cm³/mol.